The van der Waals surface area contributed by atoms with Crippen molar-refractivity contribution in [1.82, 2.24) is 39.0 Å². The number of carbonyl (C=O) groups is 5. The molecule has 2 aromatic rings. The summed E-state index contributed by atoms with van der Waals surface area (Å²) in [6.07, 6.45) is 1.90. The van der Waals surface area contributed by atoms with Gasteiger partial charge in [-0.1, -0.05) is 39.0 Å². The first-order valence-electron chi connectivity index (χ1n) is 23.1. The minimum Gasteiger partial charge on any atom is -0.395 e. The number of carbonyl (C=O) groups excluding carboxylic acids is 5. The number of aromatic nitrogens is 3. The Balaban J connectivity index is 0. The van der Waals surface area contributed by atoms with Crippen LogP contribution in [0, 0.1) is 5.41 Å². The van der Waals surface area contributed by atoms with E-state index in [9.17, 15) is 38.4 Å². The van der Waals surface area contributed by atoms with E-state index in [-0.39, 0.29) is 107 Å². The molecule has 5 amide bonds. The number of aliphatic hydroxyl groups is 8. The van der Waals surface area contributed by atoms with Gasteiger partial charge in [-0.05, 0) is 18.9 Å². The van der Waals surface area contributed by atoms with Gasteiger partial charge in [-0.3, -0.25) is 19.2 Å². The summed E-state index contributed by atoms with van der Waals surface area (Å²) in [4.78, 5) is 97.3. The Labute approximate surface area is 413 Å². The lowest BCUT2D eigenvalue weighted by molar-refractivity contribution is -0.130. The molecule has 1 aliphatic heterocycles. The summed E-state index contributed by atoms with van der Waals surface area (Å²) in [5.74, 6) is -0.599. The summed E-state index contributed by atoms with van der Waals surface area (Å²) in [7, 11) is 3.66. The Morgan fingerprint density at radius 3 is 1.44 bits per heavy atom. The van der Waals surface area contributed by atoms with Crippen LogP contribution in [0.3, 0.4) is 0 Å². The van der Waals surface area contributed by atoms with Crippen LogP contribution >= 0.6 is 0 Å². The largest absolute Gasteiger partial charge is 0.395 e. The summed E-state index contributed by atoms with van der Waals surface area (Å²) in [6, 6.07) is 6.81. The van der Waals surface area contributed by atoms with E-state index < -0.39 is 36.9 Å². The molecule has 1 aromatic carbocycles. The number of aliphatic hydroxyl groups excluding tert-OH is 8. The van der Waals surface area contributed by atoms with Crippen molar-refractivity contribution in [2.75, 3.05) is 133 Å². The van der Waals surface area contributed by atoms with Crippen LogP contribution in [0.5, 0.6) is 0 Å². The highest BCUT2D eigenvalue weighted by Gasteiger charge is 2.21. The molecular formula is C45H80N8O18. The Morgan fingerprint density at radius 1 is 0.606 bits per heavy atom. The van der Waals surface area contributed by atoms with E-state index in [1.54, 1.807) is 34.1 Å². The van der Waals surface area contributed by atoms with Gasteiger partial charge in [0.1, 0.15) is 0 Å². The number of hydrogen-bond acceptors (Lipinski definition) is 18. The molecule has 408 valence electrons. The lowest BCUT2D eigenvalue weighted by atomic mass is 9.96. The molecule has 0 bridgehead atoms. The molecule has 2 heterocycles. The predicted molar refractivity (Wildman–Crippen MR) is 260 cm³/mol. The monoisotopic (exact) mass is 1020 g/mol. The fraction of sp³-hybridized carbons (Fsp3) is 0.689. The third-order valence-corrected chi connectivity index (χ3v) is 9.43. The maximum absolute atomic E-state index is 12.3. The van der Waals surface area contributed by atoms with Gasteiger partial charge in [-0.15, -0.1) is 0 Å². The van der Waals surface area contributed by atoms with Gasteiger partial charge in [-0.2, -0.15) is 0 Å². The van der Waals surface area contributed by atoms with Crippen LogP contribution in [0.25, 0.3) is 0 Å². The van der Waals surface area contributed by atoms with Crippen molar-refractivity contribution >= 4 is 29.5 Å². The number of nitrogens with zero attached hydrogens (tertiary/aromatic N) is 6. The highest BCUT2D eigenvalue weighted by atomic mass is 16.5. The number of hydrogen-bond donors (Lipinski definition) is 10. The zero-order chi connectivity index (χ0) is 54.4. The molecule has 26 heteroatoms. The van der Waals surface area contributed by atoms with Crippen LogP contribution in [-0.4, -0.2) is 231 Å². The summed E-state index contributed by atoms with van der Waals surface area (Å²) >= 11 is 0. The molecule has 0 spiro atoms. The SMILES string of the molecule is CC(=O)N(CCO)CCO.CC(C)(C)C(=O)NCCO.CN1CCCN(C)C1=O.O=C(CCCOCCO)c1ccccc1C(=O)NCCOCCO.O=c1n(CCO)c(=O)n(CCO)c(=O)n1CCO. The molecule has 1 saturated heterocycles. The van der Waals surface area contributed by atoms with Crippen molar-refractivity contribution in [2.45, 2.75) is 66.6 Å². The minimum atomic E-state index is -0.887. The Bertz CT molecular complexity index is 1830. The van der Waals surface area contributed by atoms with Crippen LogP contribution in [-0.2, 0) is 38.7 Å². The number of Topliss-reactive ketones (excluding diaryl/α,β-unsaturated/α-hetero) is 1. The van der Waals surface area contributed by atoms with Crippen molar-refractivity contribution < 1.29 is 74.3 Å². The van der Waals surface area contributed by atoms with Crippen LogP contribution in [0.15, 0.2) is 38.6 Å². The normalized spacial score (nSPS) is 11.9. The number of nitrogens with one attached hydrogen (secondary N) is 2. The predicted octanol–water partition coefficient (Wildman–Crippen LogP) is -4.12. The van der Waals surface area contributed by atoms with Crippen molar-refractivity contribution in [1.29, 1.82) is 0 Å². The van der Waals surface area contributed by atoms with Crippen LogP contribution in [0.1, 0.15) is 67.7 Å². The van der Waals surface area contributed by atoms with Crippen molar-refractivity contribution in [2.24, 2.45) is 5.41 Å². The van der Waals surface area contributed by atoms with E-state index in [4.69, 9.17) is 50.3 Å². The van der Waals surface area contributed by atoms with Gasteiger partial charge in [0.15, 0.2) is 5.78 Å². The molecule has 26 nitrogen and oxygen atoms in total. The maximum Gasteiger partial charge on any atom is 0.336 e. The molecule has 1 fully saturated rings. The van der Waals surface area contributed by atoms with Gasteiger partial charge in [0.05, 0.1) is 97.9 Å². The van der Waals surface area contributed by atoms with Crippen LogP contribution in [0.2, 0.25) is 0 Å². The number of ketones is 1. The van der Waals surface area contributed by atoms with E-state index >= 15 is 0 Å². The van der Waals surface area contributed by atoms with Crippen molar-refractivity contribution in [3.8, 4) is 0 Å². The fourth-order valence-electron chi connectivity index (χ4n) is 5.75. The smallest absolute Gasteiger partial charge is 0.336 e. The minimum absolute atomic E-state index is 0.00181. The highest BCUT2D eigenvalue weighted by Crippen LogP contribution is 2.13. The van der Waals surface area contributed by atoms with Gasteiger partial charge in [0.25, 0.3) is 5.91 Å². The van der Waals surface area contributed by atoms with Gasteiger partial charge in [0, 0.05) is 84.3 Å². The fourth-order valence-corrected chi connectivity index (χ4v) is 5.75. The molecule has 0 saturated carbocycles. The highest BCUT2D eigenvalue weighted by molar-refractivity contribution is 6.08. The topological polar surface area (TPSA) is 365 Å². The summed E-state index contributed by atoms with van der Waals surface area (Å²) in [5.41, 5.74) is -2.30. The summed E-state index contributed by atoms with van der Waals surface area (Å²) < 4.78 is 12.2. The van der Waals surface area contributed by atoms with Crippen LogP contribution < -0.4 is 27.7 Å². The Hall–Kier alpha value is -5.42. The molecule has 0 unspecified atom stereocenters. The maximum atomic E-state index is 12.3. The molecule has 1 aliphatic rings. The lowest BCUT2D eigenvalue weighted by Gasteiger charge is -2.30. The van der Waals surface area contributed by atoms with E-state index in [2.05, 4.69) is 10.6 Å². The quantitative estimate of drug-likeness (QED) is 0.0334. The number of rotatable bonds is 25. The summed E-state index contributed by atoms with van der Waals surface area (Å²) in [6.45, 7) is 8.84. The Morgan fingerprint density at radius 2 is 1.06 bits per heavy atom. The Kier molecular flexibility index (Phi) is 38.3. The van der Waals surface area contributed by atoms with E-state index in [0.29, 0.717) is 70.6 Å². The lowest BCUT2D eigenvalue weighted by Crippen LogP contribution is -2.55. The molecule has 10 N–H and O–H groups in total. The van der Waals surface area contributed by atoms with Gasteiger partial charge in [-0.25, -0.2) is 32.9 Å². The molecular weight excluding hydrogens is 941 g/mol. The molecule has 0 aliphatic carbocycles. The van der Waals surface area contributed by atoms with Crippen molar-refractivity contribution in [3.05, 3.63) is 66.8 Å². The van der Waals surface area contributed by atoms with E-state index in [0.717, 1.165) is 19.5 Å². The molecule has 0 atom stereocenters. The van der Waals surface area contributed by atoms with Gasteiger partial charge < -0.3 is 75.7 Å². The third-order valence-electron chi connectivity index (χ3n) is 9.43. The number of benzene rings is 1. The second-order valence-electron chi connectivity index (χ2n) is 16.1. The average molecular weight is 1020 g/mol. The zero-order valence-electron chi connectivity index (χ0n) is 42.1. The first-order chi connectivity index (χ1) is 33.7. The molecule has 3 rings (SSSR count). The zero-order valence-corrected chi connectivity index (χ0v) is 42.1. The second kappa shape index (κ2) is 40.2. The van der Waals surface area contributed by atoms with Crippen LogP contribution in [0.4, 0.5) is 4.79 Å². The third kappa shape index (κ3) is 28.3. The number of amides is 5. The molecule has 1 aromatic heterocycles. The van der Waals surface area contributed by atoms with E-state index in [1.807, 2.05) is 34.9 Å². The number of urea groups is 1. The first kappa shape index (κ1) is 67.7. The van der Waals surface area contributed by atoms with Crippen molar-refractivity contribution in [3.63, 3.8) is 0 Å². The van der Waals surface area contributed by atoms with Gasteiger partial charge in [0.2, 0.25) is 11.8 Å². The molecule has 71 heavy (non-hydrogen) atoms. The number of ether oxygens (including phenoxy) is 2. The molecule has 0 radical (unpaired) electrons. The second-order valence-corrected chi connectivity index (χ2v) is 16.1. The first-order valence-corrected chi connectivity index (χ1v) is 23.1. The summed E-state index contributed by atoms with van der Waals surface area (Å²) in [5, 5.41) is 74.1. The average Bonchev–Trinajstić information content (AvgIpc) is 3.34. The van der Waals surface area contributed by atoms with Gasteiger partial charge >= 0.3 is 23.1 Å². The standard InChI is InChI=1S/C17H25NO6.C9H15N3O6.C7H15NO2.C6H12N2O.C6H13NO3/c19-8-12-23-10-3-6-16(21)14-4-1-2-5-15(14)17(22)18-7-11-24-13-9-20;13-4-1-10-7(16)11(2-5-14)9(18)12(3-6-15)8(10)17;1-7(2,3)6(10)8-4-5-9;1-7-4-3-5-8(2)6(7)9;1-6(10)7(2-4-8)3-5-9/h1-2,4-5,19-20H,3,6-13H2,(H,18,22);13-15H,1-6H2;9H,4-5H2,1-3H3,(H,8,10);3-5H2,1-2H3;8-9H,2-5H2,1H3. The van der Waals surface area contributed by atoms with E-state index in [1.165, 1.54) is 11.8 Å².